The number of ether oxygens (including phenoxy) is 6. The van der Waals surface area contributed by atoms with Crippen molar-refractivity contribution in [2.75, 3.05) is 90.8 Å². The monoisotopic (exact) mass is 1640 g/mol. The van der Waals surface area contributed by atoms with Crippen LogP contribution in [0.5, 0.6) is 34.5 Å². The molecule has 119 heavy (non-hydrogen) atoms. The van der Waals surface area contributed by atoms with Crippen LogP contribution in [0.1, 0.15) is 134 Å². The first-order valence-electron chi connectivity index (χ1n) is 39.7. The Kier molecular flexibility index (Phi) is 29.5. The van der Waals surface area contributed by atoms with Gasteiger partial charge in [-0.15, -0.1) is 0 Å². The van der Waals surface area contributed by atoms with E-state index in [4.69, 9.17) is 40.6 Å². The summed E-state index contributed by atoms with van der Waals surface area (Å²) in [7, 11) is 0. The Morgan fingerprint density at radius 1 is 0.370 bits per heavy atom. The molecule has 10 aliphatic rings. The number of nitrogens with one attached hydrogen (secondary N) is 7. The Morgan fingerprint density at radius 2 is 0.664 bits per heavy atom. The van der Waals surface area contributed by atoms with Crippen molar-refractivity contribution in [2.24, 2.45) is 0 Å². The number of thiocarbonyl (C=S) groups is 1. The minimum atomic E-state index is -0.918. The summed E-state index contributed by atoms with van der Waals surface area (Å²) in [5, 5.41) is 21.8. The lowest BCUT2D eigenvalue weighted by Crippen LogP contribution is -2.49. The molecule has 0 spiro atoms. The van der Waals surface area contributed by atoms with Crippen molar-refractivity contribution in [3.8, 4) is 34.5 Å². The fourth-order valence-corrected chi connectivity index (χ4v) is 15.2. The van der Waals surface area contributed by atoms with Crippen molar-refractivity contribution in [2.45, 2.75) is 66.0 Å². The van der Waals surface area contributed by atoms with Gasteiger partial charge in [0.2, 0.25) is 0 Å². The summed E-state index contributed by atoms with van der Waals surface area (Å²) in [6, 6.07) is 67.5. The highest BCUT2D eigenvalue weighted by atomic mass is 32.2. The van der Waals surface area contributed by atoms with E-state index >= 15 is 19.2 Å². The van der Waals surface area contributed by atoms with Gasteiger partial charge in [0.05, 0.1) is 33.4 Å². The zero-order valence-electron chi connectivity index (χ0n) is 66.2. The molecule has 8 amide bonds. The van der Waals surface area contributed by atoms with Gasteiger partial charge in [-0.2, -0.15) is 0 Å². The molecule has 8 bridgehead atoms. The molecular weight excluding hydrogens is 1550 g/mol. The molecule has 24 nitrogen and oxygen atoms in total. The maximum absolute atomic E-state index is 16.0. The Balaban J connectivity index is 0.913. The van der Waals surface area contributed by atoms with E-state index < -0.39 is 47.4 Å². The summed E-state index contributed by atoms with van der Waals surface area (Å²) in [5.41, 5.74) is 6.77. The maximum atomic E-state index is 16.0. The molecule has 0 radical (unpaired) electrons. The highest BCUT2D eigenvalue weighted by molar-refractivity contribution is 8.23. The highest BCUT2D eigenvalue weighted by Crippen LogP contribution is 2.41. The molecule has 10 aromatic carbocycles. The lowest BCUT2D eigenvalue weighted by atomic mass is 9.97. The van der Waals surface area contributed by atoms with Crippen LogP contribution in [0.25, 0.3) is 0 Å². The second-order valence-corrected chi connectivity index (χ2v) is 30.4. The molecule has 0 saturated carbocycles. The molecule has 20 rings (SSSR count). The van der Waals surface area contributed by atoms with E-state index in [1.807, 2.05) is 192 Å². The number of carbonyl (C=O) groups is 8. The van der Waals surface area contributed by atoms with Crippen LogP contribution < -0.4 is 65.6 Å². The van der Waals surface area contributed by atoms with Gasteiger partial charge >= 0.3 is 0 Å². The maximum Gasteiger partial charge on any atom is 0.263 e. The van der Waals surface area contributed by atoms with Gasteiger partial charge in [0.25, 0.3) is 47.3 Å². The van der Waals surface area contributed by atoms with Crippen LogP contribution in [-0.4, -0.2) is 163 Å². The second kappa shape index (κ2) is 41.8. The van der Waals surface area contributed by atoms with Crippen molar-refractivity contribution < 1.29 is 66.8 Å². The zero-order valence-corrected chi connectivity index (χ0v) is 67.9. The summed E-state index contributed by atoms with van der Waals surface area (Å²) in [6.07, 6.45) is 0.0200. The van der Waals surface area contributed by atoms with Crippen LogP contribution in [0.15, 0.2) is 231 Å². The van der Waals surface area contributed by atoms with Crippen molar-refractivity contribution in [3.05, 3.63) is 320 Å². The summed E-state index contributed by atoms with van der Waals surface area (Å²) in [4.78, 5) is 126. The minimum Gasteiger partial charge on any atom is -0.484 e. The van der Waals surface area contributed by atoms with Crippen molar-refractivity contribution in [1.82, 2.24) is 51.9 Å². The van der Waals surface area contributed by atoms with E-state index in [9.17, 15) is 19.2 Å². The number of rotatable bonds is 23. The Hall–Kier alpha value is -12.9. The number of amides is 8. The molecule has 7 N–H and O–H groups in total. The average molecular weight is 1640 g/mol. The summed E-state index contributed by atoms with van der Waals surface area (Å²) < 4.78 is 40.5. The molecule has 10 aromatic rings. The Labute approximate surface area is 701 Å². The van der Waals surface area contributed by atoms with Gasteiger partial charge in [-0.1, -0.05) is 206 Å². The van der Waals surface area contributed by atoms with Crippen LogP contribution in [0.4, 0.5) is 0 Å². The standard InChI is InChI=1S/C93H94N10O14S2/c1-62-63(2)72-34-33-71(62)85(104)95-43-48-101-49-44-97-88(107)73-35-36-74(80(113-57-65-23-11-4-12-24-65)79(73)112-56-64-21-9-3-10-22-64)90(109)99-47-52-102(51-46-96-86(72)105)55-70(100-91(110)77-38-37-75(89(108)98-45-50-101)81(114-58-66-25-13-5-14-26-66)83(77)116-60-68-29-17-7-18-30-68)41-42-94-87(106)76-39-40-78(92(111)103-53-54-119-93(103)118)84(117-61-69-31-19-8-20-32-69)82(76)115-59-67-27-15-6-16-28-67/h3-40,70H,41-61H2,1-2H3,(H,94,106)(H,95,104)(H,96,105)(H,97,107)(H,98,108)(H,99,109)(H,100,110)/t70-/m0/s1. The number of nitrogens with zero attached hydrogens (tertiary/aromatic N) is 3. The number of hydrogen-bond donors (Lipinski definition) is 7. The molecule has 0 aromatic heterocycles. The predicted octanol–water partition coefficient (Wildman–Crippen LogP) is 11.9. The van der Waals surface area contributed by atoms with Crippen molar-refractivity contribution in [1.29, 1.82) is 0 Å². The fourth-order valence-electron chi connectivity index (χ4n) is 14.0. The van der Waals surface area contributed by atoms with Crippen LogP contribution >= 0.6 is 24.0 Å². The number of benzene rings is 10. The highest BCUT2D eigenvalue weighted by Gasteiger charge is 2.34. The lowest BCUT2D eigenvalue weighted by molar-refractivity contribution is 0.0849. The Morgan fingerprint density at radius 3 is 1.00 bits per heavy atom. The molecule has 3 atom stereocenters. The van der Waals surface area contributed by atoms with Crippen molar-refractivity contribution >= 4 is 75.6 Å². The molecule has 1 saturated heterocycles. The van der Waals surface area contributed by atoms with Gasteiger partial charge in [0.15, 0.2) is 34.5 Å². The van der Waals surface area contributed by atoms with Crippen LogP contribution in [-0.2, 0) is 39.6 Å². The number of thioether (sulfide) groups is 1. The molecule has 0 aliphatic carbocycles. The normalized spacial score (nSPS) is 16.4. The molecule has 612 valence electrons. The minimum absolute atomic E-state index is 0.000768. The first kappa shape index (κ1) is 84.0. The van der Waals surface area contributed by atoms with Gasteiger partial charge in [-0.3, -0.25) is 53.1 Å². The van der Waals surface area contributed by atoms with Gasteiger partial charge in [0.1, 0.15) is 44.0 Å². The zero-order chi connectivity index (χ0) is 82.8. The molecular formula is C93H94N10O14S2. The van der Waals surface area contributed by atoms with Gasteiger partial charge in [-0.05, 0) is 113 Å². The molecule has 26 heteroatoms. The smallest absolute Gasteiger partial charge is 0.263 e. The van der Waals surface area contributed by atoms with Crippen molar-refractivity contribution in [3.63, 3.8) is 0 Å². The van der Waals surface area contributed by atoms with E-state index in [1.54, 1.807) is 26.0 Å². The SMILES string of the molecule is Cc1c2ccc(c1C)C(=O)NCCN1CCNC(=O)c3ccc(c(OCc4ccccc4)c3OCc3ccccc3)C(=O)NCCN(CCNC2=O)CCNC(=O)c2ccc(c(OCc3ccccc3)c2OCc2ccccc2)C(=O)N[C@@H](CCNC(=O)c2ccc(C(=O)N3CCSC3=S)c(OCc3ccccc3)c2OCc2ccccc2)C1. The fraction of sp³-hybridized carbons (Fsp3) is 0.258. The molecule has 2 unspecified atom stereocenters. The number of hydrogen-bond acceptors (Lipinski definition) is 18. The van der Waals surface area contributed by atoms with Gasteiger partial charge < -0.3 is 65.6 Å². The molecule has 10 aliphatic heterocycles. The van der Waals surface area contributed by atoms with Gasteiger partial charge in [-0.25, -0.2) is 0 Å². The average Bonchev–Trinajstić information content (AvgIpc) is 1.69. The number of carbonyl (C=O) groups excluding carboxylic acids is 8. The van der Waals surface area contributed by atoms with Crippen LogP contribution in [0.3, 0.4) is 0 Å². The Bertz CT molecular complexity index is 5250. The summed E-state index contributed by atoms with van der Waals surface area (Å²) in [5.74, 6) is -3.61. The van der Waals surface area contributed by atoms with E-state index in [-0.39, 0.29) is 198 Å². The van der Waals surface area contributed by atoms with Crippen LogP contribution in [0, 0.1) is 13.8 Å². The first-order valence-corrected chi connectivity index (χ1v) is 41.0. The van der Waals surface area contributed by atoms with E-state index in [0.717, 1.165) is 33.4 Å². The lowest BCUT2D eigenvalue weighted by Gasteiger charge is -2.29. The topological polar surface area (TPSA) is 286 Å². The quantitative estimate of drug-likeness (QED) is 0.0293. The van der Waals surface area contributed by atoms with E-state index in [1.165, 1.54) is 53.1 Å². The van der Waals surface area contributed by atoms with Gasteiger partial charge in [0, 0.05) is 108 Å². The largest absolute Gasteiger partial charge is 0.484 e. The van der Waals surface area contributed by atoms with Crippen LogP contribution in [0.2, 0.25) is 0 Å². The third-order valence-corrected chi connectivity index (χ3v) is 22.0. The second-order valence-electron chi connectivity index (χ2n) is 28.7. The molecule has 10 heterocycles. The van der Waals surface area contributed by atoms with E-state index in [0.29, 0.717) is 38.9 Å². The summed E-state index contributed by atoms with van der Waals surface area (Å²) >= 11 is 7.05. The first-order chi connectivity index (χ1) is 58.1. The molecule has 1 fully saturated rings. The third kappa shape index (κ3) is 22.5. The third-order valence-electron chi connectivity index (χ3n) is 20.6. The summed E-state index contributed by atoms with van der Waals surface area (Å²) in [6.45, 7) is 4.65. The van der Waals surface area contributed by atoms with E-state index in [2.05, 4.69) is 37.2 Å². The predicted molar refractivity (Wildman–Crippen MR) is 459 cm³/mol.